The van der Waals surface area contributed by atoms with Crippen LogP contribution >= 0.6 is 15.9 Å². The highest BCUT2D eigenvalue weighted by Crippen LogP contribution is 2.31. The number of aromatic nitrogens is 2. The van der Waals surface area contributed by atoms with Crippen LogP contribution in [0.3, 0.4) is 0 Å². The first-order valence-electron chi connectivity index (χ1n) is 6.85. The number of hydrogen-bond donors (Lipinski definition) is 2. The average molecular weight is 379 g/mol. The lowest BCUT2D eigenvalue weighted by Gasteiger charge is -2.06. The van der Waals surface area contributed by atoms with E-state index < -0.39 is 11.8 Å². The highest BCUT2D eigenvalue weighted by Gasteiger charge is 2.19. The third-order valence-corrected chi connectivity index (χ3v) is 4.08. The number of carboxylic acid groups (broad SMARTS) is 1. The molecule has 5 nitrogen and oxygen atoms in total. The van der Waals surface area contributed by atoms with Crippen molar-refractivity contribution in [1.29, 1.82) is 0 Å². The minimum atomic E-state index is -1.22. The molecule has 0 aliphatic carbocycles. The summed E-state index contributed by atoms with van der Waals surface area (Å²) in [7, 11) is 0. The van der Waals surface area contributed by atoms with Crippen molar-refractivity contribution in [3.05, 3.63) is 51.9 Å². The average Bonchev–Trinajstić information content (AvgIpc) is 2.92. The number of aryl methyl sites for hydroxylation is 1. The number of benzene rings is 1. The molecule has 0 aliphatic rings. The number of nitrogens with zero attached hydrogens (tertiary/aromatic N) is 2. The summed E-state index contributed by atoms with van der Waals surface area (Å²) in [5, 5.41) is 23.7. The lowest BCUT2D eigenvalue weighted by Crippen LogP contribution is -2.04. The van der Waals surface area contributed by atoms with Crippen molar-refractivity contribution in [3.8, 4) is 17.0 Å². The SMILES string of the molecule is CCc1cc(C(=O)O)c(O)c2cc(-c3ccc(Br)cc3F)nn12. The van der Waals surface area contributed by atoms with E-state index in [0.29, 0.717) is 22.3 Å². The Labute approximate surface area is 139 Å². The quantitative estimate of drug-likeness (QED) is 0.725. The summed E-state index contributed by atoms with van der Waals surface area (Å²) in [4.78, 5) is 11.2. The summed E-state index contributed by atoms with van der Waals surface area (Å²) in [5.41, 5.74) is 1.24. The fourth-order valence-electron chi connectivity index (χ4n) is 2.45. The van der Waals surface area contributed by atoms with E-state index in [1.165, 1.54) is 22.7 Å². The van der Waals surface area contributed by atoms with Crippen LogP contribution in [0.4, 0.5) is 4.39 Å². The predicted octanol–water partition coefficient (Wildman–Crippen LogP) is 3.87. The molecule has 3 aromatic rings. The molecule has 0 amide bonds. The number of fused-ring (bicyclic) bond motifs is 1. The van der Waals surface area contributed by atoms with Gasteiger partial charge in [0, 0.05) is 15.7 Å². The van der Waals surface area contributed by atoms with Gasteiger partial charge in [0.25, 0.3) is 0 Å². The third-order valence-electron chi connectivity index (χ3n) is 3.59. The van der Waals surface area contributed by atoms with Crippen LogP contribution in [0, 0.1) is 5.82 Å². The third kappa shape index (κ3) is 2.57. The van der Waals surface area contributed by atoms with Crippen molar-refractivity contribution in [1.82, 2.24) is 9.61 Å². The first kappa shape index (κ1) is 15.5. The molecule has 0 spiro atoms. The molecule has 0 saturated heterocycles. The zero-order chi connectivity index (χ0) is 16.7. The van der Waals surface area contributed by atoms with Gasteiger partial charge < -0.3 is 10.2 Å². The fraction of sp³-hybridized carbons (Fsp3) is 0.125. The topological polar surface area (TPSA) is 74.8 Å². The summed E-state index contributed by atoms with van der Waals surface area (Å²) < 4.78 is 16.2. The molecule has 0 unspecified atom stereocenters. The van der Waals surface area contributed by atoms with Crippen LogP contribution in [0.1, 0.15) is 23.0 Å². The molecule has 7 heteroatoms. The molecular formula is C16H12BrFN2O3. The van der Waals surface area contributed by atoms with Crippen LogP contribution in [0.5, 0.6) is 5.75 Å². The van der Waals surface area contributed by atoms with Crippen LogP contribution in [-0.4, -0.2) is 25.8 Å². The second-order valence-electron chi connectivity index (χ2n) is 5.01. The largest absolute Gasteiger partial charge is 0.505 e. The normalized spacial score (nSPS) is 11.1. The van der Waals surface area contributed by atoms with Gasteiger partial charge >= 0.3 is 5.97 Å². The van der Waals surface area contributed by atoms with Crippen LogP contribution in [0.2, 0.25) is 0 Å². The van der Waals surface area contributed by atoms with E-state index in [1.54, 1.807) is 12.1 Å². The molecule has 23 heavy (non-hydrogen) atoms. The number of halogens is 2. The number of pyridine rings is 1. The Morgan fingerprint density at radius 3 is 2.70 bits per heavy atom. The fourth-order valence-corrected chi connectivity index (χ4v) is 2.78. The lowest BCUT2D eigenvalue weighted by molar-refractivity contribution is 0.0693. The van der Waals surface area contributed by atoms with Crippen LogP contribution < -0.4 is 0 Å². The van der Waals surface area contributed by atoms with Gasteiger partial charge in [-0.3, -0.25) is 0 Å². The molecular weight excluding hydrogens is 367 g/mol. The summed E-state index contributed by atoms with van der Waals surface area (Å²) in [5.74, 6) is -2.07. The molecule has 0 bridgehead atoms. The molecule has 0 atom stereocenters. The first-order chi connectivity index (χ1) is 10.9. The predicted molar refractivity (Wildman–Crippen MR) is 86.3 cm³/mol. The number of aromatic hydroxyl groups is 1. The Bertz CT molecular complexity index is 937. The molecule has 0 fully saturated rings. The Kier molecular flexibility index (Phi) is 3.81. The van der Waals surface area contributed by atoms with Gasteiger partial charge in [-0.2, -0.15) is 5.10 Å². The van der Waals surface area contributed by atoms with Crippen molar-refractivity contribution in [2.24, 2.45) is 0 Å². The van der Waals surface area contributed by atoms with E-state index in [1.807, 2.05) is 6.92 Å². The monoisotopic (exact) mass is 378 g/mol. The van der Waals surface area contributed by atoms with Gasteiger partial charge in [-0.25, -0.2) is 13.7 Å². The van der Waals surface area contributed by atoms with Gasteiger partial charge in [-0.1, -0.05) is 22.9 Å². The second-order valence-corrected chi connectivity index (χ2v) is 5.92. The Morgan fingerprint density at radius 2 is 2.09 bits per heavy atom. The first-order valence-corrected chi connectivity index (χ1v) is 7.65. The van der Waals surface area contributed by atoms with E-state index in [9.17, 15) is 19.4 Å². The molecule has 1 aromatic carbocycles. The maximum Gasteiger partial charge on any atom is 0.339 e. The van der Waals surface area contributed by atoms with Crippen LogP contribution in [0.25, 0.3) is 16.8 Å². The standard InChI is InChI=1S/C16H12BrFN2O3/c1-2-9-6-11(16(22)23)15(21)14-7-13(19-20(9)14)10-4-3-8(17)5-12(10)18/h3-7,21H,2H2,1H3,(H,22,23). The minimum Gasteiger partial charge on any atom is -0.505 e. The summed E-state index contributed by atoms with van der Waals surface area (Å²) in [6, 6.07) is 7.43. The zero-order valence-electron chi connectivity index (χ0n) is 12.0. The molecule has 118 valence electrons. The Morgan fingerprint density at radius 1 is 1.35 bits per heavy atom. The molecule has 0 aliphatic heterocycles. The highest BCUT2D eigenvalue weighted by atomic mass is 79.9. The molecule has 2 heterocycles. The molecule has 0 saturated carbocycles. The van der Waals surface area contributed by atoms with Gasteiger partial charge in [-0.05, 0) is 36.8 Å². The minimum absolute atomic E-state index is 0.197. The van der Waals surface area contributed by atoms with Crippen molar-refractivity contribution in [3.63, 3.8) is 0 Å². The van der Waals surface area contributed by atoms with Crippen molar-refractivity contribution in [2.45, 2.75) is 13.3 Å². The summed E-state index contributed by atoms with van der Waals surface area (Å²) >= 11 is 3.19. The van der Waals surface area contributed by atoms with Crippen LogP contribution in [0.15, 0.2) is 34.8 Å². The van der Waals surface area contributed by atoms with E-state index in [4.69, 9.17) is 0 Å². The highest BCUT2D eigenvalue weighted by molar-refractivity contribution is 9.10. The van der Waals surface area contributed by atoms with Crippen molar-refractivity contribution in [2.75, 3.05) is 0 Å². The van der Waals surface area contributed by atoms with E-state index >= 15 is 0 Å². The number of carboxylic acids is 1. The van der Waals surface area contributed by atoms with Crippen LogP contribution in [-0.2, 0) is 6.42 Å². The maximum atomic E-state index is 14.1. The van der Waals surface area contributed by atoms with Gasteiger partial charge in [0.2, 0.25) is 0 Å². The number of rotatable bonds is 3. The van der Waals surface area contributed by atoms with E-state index in [2.05, 4.69) is 21.0 Å². The molecule has 2 aromatic heterocycles. The van der Waals surface area contributed by atoms with Gasteiger partial charge in [0.15, 0.2) is 5.75 Å². The summed E-state index contributed by atoms with van der Waals surface area (Å²) in [6.07, 6.45) is 0.515. The van der Waals surface area contributed by atoms with E-state index in [0.717, 1.165) is 0 Å². The van der Waals surface area contributed by atoms with Gasteiger partial charge in [0.05, 0.1) is 5.69 Å². The lowest BCUT2D eigenvalue weighted by atomic mass is 10.1. The van der Waals surface area contributed by atoms with Crippen molar-refractivity contribution < 1.29 is 19.4 Å². The van der Waals surface area contributed by atoms with Crippen molar-refractivity contribution >= 4 is 27.4 Å². The smallest absolute Gasteiger partial charge is 0.339 e. The number of hydrogen-bond acceptors (Lipinski definition) is 3. The number of carbonyl (C=O) groups is 1. The maximum absolute atomic E-state index is 14.1. The summed E-state index contributed by atoms with van der Waals surface area (Å²) in [6.45, 7) is 1.85. The zero-order valence-corrected chi connectivity index (χ0v) is 13.6. The van der Waals surface area contributed by atoms with Gasteiger partial charge in [0.1, 0.15) is 16.9 Å². The van der Waals surface area contributed by atoms with E-state index in [-0.39, 0.29) is 22.4 Å². The van der Waals surface area contributed by atoms with Gasteiger partial charge in [-0.15, -0.1) is 0 Å². The molecule has 3 rings (SSSR count). The molecule has 2 N–H and O–H groups in total. The number of aromatic carboxylic acids is 1. The second kappa shape index (κ2) is 5.66. The molecule has 0 radical (unpaired) electrons. The Hall–Kier alpha value is -2.41. The Balaban J connectivity index is 2.30.